The van der Waals surface area contributed by atoms with E-state index in [4.69, 9.17) is 13.9 Å². The second kappa shape index (κ2) is 10.8. The highest BCUT2D eigenvalue weighted by Crippen LogP contribution is 2.38. The average molecular weight is 428 g/mol. The second-order valence-electron chi connectivity index (χ2n) is 7.27. The zero-order valence-electron chi connectivity index (χ0n) is 18.2. The van der Waals surface area contributed by atoms with Crippen LogP contribution < -0.4 is 5.32 Å². The third kappa shape index (κ3) is 5.32. The normalized spacial score (nSPS) is 14.6. The van der Waals surface area contributed by atoms with Crippen LogP contribution in [0.2, 0.25) is 0 Å². The Morgan fingerprint density at radius 3 is 2.94 bits per heavy atom. The molecule has 0 radical (unpaired) electrons. The summed E-state index contributed by atoms with van der Waals surface area (Å²) in [7, 11) is 1.52. The van der Waals surface area contributed by atoms with Crippen LogP contribution in [0.3, 0.4) is 0 Å². The molecule has 1 aliphatic heterocycles. The number of unbranched alkanes of at least 4 members (excludes halogenated alkanes) is 1. The molecule has 8 nitrogen and oxygen atoms in total. The molecule has 3 heterocycles. The van der Waals surface area contributed by atoms with Crippen LogP contribution in [0.25, 0.3) is 11.6 Å². The van der Waals surface area contributed by atoms with Gasteiger partial charge in [0.2, 0.25) is 5.88 Å². The number of rotatable bonds is 11. The first-order valence-electron chi connectivity index (χ1n) is 10.6. The molecule has 0 aromatic carbocycles. The zero-order chi connectivity index (χ0) is 22.2. The van der Waals surface area contributed by atoms with Crippen LogP contribution in [0.4, 0.5) is 11.7 Å². The first-order valence-corrected chi connectivity index (χ1v) is 10.6. The predicted octanol–water partition coefficient (Wildman–Crippen LogP) is 4.82. The van der Waals surface area contributed by atoms with Crippen LogP contribution in [0, 0.1) is 0 Å². The smallest absolute Gasteiger partial charge is 0.347 e. The Labute approximate surface area is 182 Å². The van der Waals surface area contributed by atoms with Crippen LogP contribution in [0.15, 0.2) is 27.7 Å². The van der Waals surface area contributed by atoms with E-state index in [0.29, 0.717) is 5.82 Å². The molecule has 2 aromatic heterocycles. The van der Waals surface area contributed by atoms with Crippen molar-refractivity contribution in [1.82, 2.24) is 4.98 Å². The van der Waals surface area contributed by atoms with Crippen molar-refractivity contribution < 1.29 is 23.8 Å². The van der Waals surface area contributed by atoms with E-state index in [1.165, 1.54) is 7.11 Å². The molecule has 0 saturated carbocycles. The molecule has 0 bridgehead atoms. The molecule has 0 spiro atoms. The number of esters is 1. The number of ether oxygens (including phenoxy) is 2. The Morgan fingerprint density at radius 2 is 2.19 bits per heavy atom. The fourth-order valence-corrected chi connectivity index (χ4v) is 3.31. The van der Waals surface area contributed by atoms with Gasteiger partial charge in [-0.05, 0) is 31.1 Å². The Morgan fingerprint density at radius 1 is 1.35 bits per heavy atom. The molecule has 166 valence electrons. The number of allylic oxidation sites excluding steroid dienone is 1. The number of aliphatic imine (C=N–C) groups is 1. The second-order valence-corrected chi connectivity index (χ2v) is 7.27. The number of aromatic nitrogens is 1. The number of carbonyl (C=O) groups is 1. The van der Waals surface area contributed by atoms with E-state index in [0.717, 1.165) is 36.8 Å². The summed E-state index contributed by atoms with van der Waals surface area (Å²) >= 11 is 0. The monoisotopic (exact) mass is 427 g/mol. The number of nitrogens with one attached hydrogen (secondary N) is 1. The molecule has 1 atom stereocenters. The maximum atomic E-state index is 12.7. The van der Waals surface area contributed by atoms with Gasteiger partial charge in [-0.15, -0.1) is 0 Å². The summed E-state index contributed by atoms with van der Waals surface area (Å²) in [6.45, 7) is 4.53. The highest BCUT2D eigenvalue weighted by atomic mass is 16.6. The van der Waals surface area contributed by atoms with Gasteiger partial charge in [0.05, 0.1) is 6.61 Å². The molecule has 8 heteroatoms. The van der Waals surface area contributed by atoms with E-state index in [2.05, 4.69) is 29.1 Å². The zero-order valence-corrected chi connectivity index (χ0v) is 18.2. The summed E-state index contributed by atoms with van der Waals surface area (Å²) in [6, 6.07) is 3.81. The summed E-state index contributed by atoms with van der Waals surface area (Å²) in [5, 5.41) is 14.1. The third-order valence-corrected chi connectivity index (χ3v) is 5.08. The van der Waals surface area contributed by atoms with Crippen LogP contribution in [-0.2, 0) is 9.47 Å². The van der Waals surface area contributed by atoms with Gasteiger partial charge in [0.25, 0.3) is 0 Å². The fraction of sp³-hybridized carbons (Fsp3) is 0.435. The van der Waals surface area contributed by atoms with E-state index in [1.807, 2.05) is 12.1 Å². The van der Waals surface area contributed by atoms with Gasteiger partial charge in [-0.25, -0.2) is 14.8 Å². The van der Waals surface area contributed by atoms with Crippen LogP contribution in [0.1, 0.15) is 61.2 Å². The van der Waals surface area contributed by atoms with E-state index < -0.39 is 5.97 Å². The van der Waals surface area contributed by atoms with Gasteiger partial charge < -0.3 is 24.3 Å². The first-order chi connectivity index (χ1) is 15.1. The SMILES string of the molecule is CCCCC(CC)Nc1oc(C=C2C=Nc3ncccc32)c(O)c1C(=O)OCCOC. The quantitative estimate of drug-likeness (QED) is 0.391. The van der Waals surface area contributed by atoms with Crippen molar-refractivity contribution in [2.24, 2.45) is 4.99 Å². The third-order valence-electron chi connectivity index (χ3n) is 5.08. The topological polar surface area (TPSA) is 106 Å². The minimum absolute atomic E-state index is 0.0146. The summed E-state index contributed by atoms with van der Waals surface area (Å²) < 4.78 is 16.1. The highest BCUT2D eigenvalue weighted by molar-refractivity contribution is 6.21. The van der Waals surface area contributed by atoms with Crippen LogP contribution in [0.5, 0.6) is 5.75 Å². The Hall–Kier alpha value is -3.13. The number of hydrogen-bond acceptors (Lipinski definition) is 8. The minimum Gasteiger partial charge on any atom is -0.504 e. The van der Waals surface area contributed by atoms with E-state index in [-0.39, 0.29) is 42.2 Å². The lowest BCUT2D eigenvalue weighted by atomic mass is 10.1. The number of hydrogen-bond donors (Lipinski definition) is 2. The summed E-state index contributed by atoms with van der Waals surface area (Å²) in [5.74, 6) is 0.0233. The lowest BCUT2D eigenvalue weighted by Crippen LogP contribution is -2.20. The van der Waals surface area contributed by atoms with Gasteiger partial charge in [-0.3, -0.25) is 0 Å². The van der Waals surface area contributed by atoms with Crippen LogP contribution >= 0.6 is 0 Å². The van der Waals surface area contributed by atoms with Crippen molar-refractivity contribution in [3.63, 3.8) is 0 Å². The number of aromatic hydroxyl groups is 1. The molecule has 2 aromatic rings. The van der Waals surface area contributed by atoms with Gasteiger partial charge in [-0.2, -0.15) is 0 Å². The van der Waals surface area contributed by atoms with Crippen molar-refractivity contribution >= 4 is 35.5 Å². The largest absolute Gasteiger partial charge is 0.504 e. The fourth-order valence-electron chi connectivity index (χ4n) is 3.31. The number of furan rings is 1. The van der Waals surface area contributed by atoms with Gasteiger partial charge in [0.15, 0.2) is 22.9 Å². The molecule has 2 N–H and O–H groups in total. The molecule has 0 aliphatic carbocycles. The van der Waals surface area contributed by atoms with E-state index in [9.17, 15) is 9.90 Å². The number of fused-ring (bicyclic) bond motifs is 1. The Balaban J connectivity index is 1.94. The van der Waals surface area contributed by atoms with Crippen molar-refractivity contribution in [1.29, 1.82) is 0 Å². The average Bonchev–Trinajstić information content (AvgIpc) is 3.32. The van der Waals surface area contributed by atoms with Crippen molar-refractivity contribution in [2.45, 2.75) is 45.6 Å². The number of methoxy groups -OCH3 is 1. The molecule has 0 fully saturated rings. The highest BCUT2D eigenvalue weighted by Gasteiger charge is 2.28. The predicted molar refractivity (Wildman–Crippen MR) is 120 cm³/mol. The van der Waals surface area contributed by atoms with Gasteiger partial charge >= 0.3 is 5.97 Å². The number of pyridine rings is 1. The number of nitrogens with zero attached hydrogens (tertiary/aromatic N) is 2. The van der Waals surface area contributed by atoms with E-state index in [1.54, 1.807) is 18.5 Å². The molecule has 3 rings (SSSR count). The lowest BCUT2D eigenvalue weighted by Gasteiger charge is -2.16. The molecule has 1 unspecified atom stereocenters. The summed E-state index contributed by atoms with van der Waals surface area (Å²) in [4.78, 5) is 21.2. The molecule has 0 saturated heterocycles. The Bertz CT molecular complexity index is 964. The van der Waals surface area contributed by atoms with E-state index >= 15 is 0 Å². The van der Waals surface area contributed by atoms with Crippen molar-refractivity contribution in [3.8, 4) is 5.75 Å². The summed E-state index contributed by atoms with van der Waals surface area (Å²) in [5.41, 5.74) is 1.54. The Kier molecular flexibility index (Phi) is 7.83. The van der Waals surface area contributed by atoms with Crippen molar-refractivity contribution in [3.05, 3.63) is 35.2 Å². The van der Waals surface area contributed by atoms with Gasteiger partial charge in [-0.1, -0.05) is 26.7 Å². The lowest BCUT2D eigenvalue weighted by molar-refractivity contribution is 0.0386. The molecular formula is C23H29N3O5. The van der Waals surface area contributed by atoms with Crippen molar-refractivity contribution in [2.75, 3.05) is 25.6 Å². The summed E-state index contributed by atoms with van der Waals surface area (Å²) in [6.07, 6.45) is 8.85. The maximum absolute atomic E-state index is 12.7. The molecule has 1 aliphatic rings. The molecule has 31 heavy (non-hydrogen) atoms. The minimum atomic E-state index is -0.669. The molecule has 0 amide bonds. The first kappa shape index (κ1) is 22.6. The maximum Gasteiger partial charge on any atom is 0.347 e. The molecular weight excluding hydrogens is 398 g/mol. The standard InChI is InChI=1S/C23H29N3O5/c1-4-6-8-16(5-2)26-22-19(23(28)30-12-11-29-3)20(27)18(31-22)13-15-14-25-21-17(15)9-7-10-24-21/h7,9-10,13-14,16,26-27H,4-6,8,11-12H2,1-3H3. The number of anilines is 1. The number of carbonyl (C=O) groups excluding carboxylic acids is 1. The van der Waals surface area contributed by atoms with Gasteiger partial charge in [0, 0.05) is 36.7 Å². The van der Waals surface area contributed by atoms with Gasteiger partial charge in [0.1, 0.15) is 6.61 Å². The van der Waals surface area contributed by atoms with Crippen LogP contribution in [-0.4, -0.2) is 48.6 Å².